The fourth-order valence-corrected chi connectivity index (χ4v) is 6.17. The second-order valence-electron chi connectivity index (χ2n) is 8.25. The molecule has 1 aliphatic heterocycles. The maximum Gasteiger partial charge on any atom is 0.266 e. The highest BCUT2D eigenvalue weighted by Crippen LogP contribution is 2.60. The molecule has 4 saturated carbocycles. The zero-order chi connectivity index (χ0) is 16.0. The first-order chi connectivity index (χ1) is 11.1. The van der Waals surface area contributed by atoms with Gasteiger partial charge in [-0.25, -0.2) is 5.48 Å². The van der Waals surface area contributed by atoms with Crippen molar-refractivity contribution in [1.82, 2.24) is 10.4 Å². The number of rotatable bonds is 4. The van der Waals surface area contributed by atoms with E-state index in [4.69, 9.17) is 4.84 Å². The van der Waals surface area contributed by atoms with Crippen LogP contribution >= 0.6 is 0 Å². The lowest BCUT2D eigenvalue weighted by molar-refractivity contribution is -0.162. The number of nitrogens with zero attached hydrogens (tertiary/aromatic N) is 1. The van der Waals surface area contributed by atoms with Gasteiger partial charge in [-0.15, -0.1) is 0 Å². The van der Waals surface area contributed by atoms with Gasteiger partial charge in [-0.1, -0.05) is 0 Å². The summed E-state index contributed by atoms with van der Waals surface area (Å²) in [5.74, 6) is 2.38. The molecule has 5 fully saturated rings. The monoisotopic (exact) mass is 320 g/mol. The maximum atomic E-state index is 13.4. The minimum Gasteiger partial charge on any atom is -0.330 e. The number of nitrogens with one attached hydrogen (secondary N) is 1. The molecule has 5 nitrogen and oxygen atoms in total. The Kier molecular flexibility index (Phi) is 3.87. The van der Waals surface area contributed by atoms with Gasteiger partial charge in [-0.2, -0.15) is 0 Å². The highest BCUT2D eigenvalue weighted by Gasteiger charge is 2.56. The molecule has 5 rings (SSSR count). The Morgan fingerprint density at radius 1 is 1.13 bits per heavy atom. The largest absolute Gasteiger partial charge is 0.330 e. The Labute approximate surface area is 138 Å². The minimum atomic E-state index is -0.331. The van der Waals surface area contributed by atoms with E-state index in [9.17, 15) is 9.59 Å². The van der Waals surface area contributed by atoms with Gasteiger partial charge in [0.1, 0.15) is 6.04 Å². The first-order valence-electron chi connectivity index (χ1n) is 9.34. The van der Waals surface area contributed by atoms with Gasteiger partial charge in [-0.05, 0) is 76.0 Å². The molecule has 23 heavy (non-hydrogen) atoms. The van der Waals surface area contributed by atoms with Crippen molar-refractivity contribution in [3.63, 3.8) is 0 Å². The number of hydroxylamine groups is 1. The Morgan fingerprint density at radius 3 is 2.30 bits per heavy atom. The summed E-state index contributed by atoms with van der Waals surface area (Å²) in [5.41, 5.74) is 2.35. The zero-order valence-electron chi connectivity index (χ0n) is 14.1. The molecular weight excluding hydrogens is 292 g/mol. The highest BCUT2D eigenvalue weighted by molar-refractivity contribution is 5.90. The van der Waals surface area contributed by atoms with Crippen LogP contribution in [0.1, 0.15) is 58.3 Å². The average Bonchev–Trinajstić information content (AvgIpc) is 3.00. The molecule has 2 amide bonds. The van der Waals surface area contributed by atoms with Gasteiger partial charge in [0, 0.05) is 6.54 Å². The van der Waals surface area contributed by atoms with Gasteiger partial charge < -0.3 is 4.90 Å². The summed E-state index contributed by atoms with van der Waals surface area (Å²) in [6, 6.07) is -0.331. The third-order valence-electron chi connectivity index (χ3n) is 6.63. The van der Waals surface area contributed by atoms with Crippen LogP contribution in [0.3, 0.4) is 0 Å². The first kappa shape index (κ1) is 15.4. The number of carbonyl (C=O) groups is 2. The van der Waals surface area contributed by atoms with E-state index in [-0.39, 0.29) is 23.3 Å². The summed E-state index contributed by atoms with van der Waals surface area (Å²) >= 11 is 0. The normalized spacial score (nSPS) is 41.3. The third-order valence-corrected chi connectivity index (χ3v) is 6.63. The van der Waals surface area contributed by atoms with Crippen molar-refractivity contribution in [2.45, 2.75) is 64.3 Å². The van der Waals surface area contributed by atoms with Gasteiger partial charge in [0.15, 0.2) is 0 Å². The lowest BCUT2D eigenvalue weighted by atomic mass is 9.49. The molecule has 128 valence electrons. The number of hydrogen-bond acceptors (Lipinski definition) is 3. The van der Waals surface area contributed by atoms with Crippen molar-refractivity contribution < 1.29 is 14.4 Å². The van der Waals surface area contributed by atoms with Crippen molar-refractivity contribution >= 4 is 11.8 Å². The molecule has 0 spiro atoms. The van der Waals surface area contributed by atoms with E-state index < -0.39 is 0 Å². The molecule has 4 aliphatic carbocycles. The Hall–Kier alpha value is -1.10. The molecule has 0 aromatic rings. The molecule has 0 aromatic carbocycles. The Bertz CT molecular complexity index is 469. The molecule has 1 atom stereocenters. The minimum absolute atomic E-state index is 0.150. The predicted octanol–water partition coefficient (Wildman–Crippen LogP) is 2.26. The van der Waals surface area contributed by atoms with Crippen LogP contribution in [0, 0.1) is 23.2 Å². The lowest BCUT2D eigenvalue weighted by Crippen LogP contribution is -2.57. The summed E-state index contributed by atoms with van der Waals surface area (Å²) in [7, 11) is 0. The maximum absolute atomic E-state index is 13.4. The average molecular weight is 320 g/mol. The Morgan fingerprint density at radius 2 is 1.74 bits per heavy atom. The van der Waals surface area contributed by atoms with Crippen LogP contribution in [0.2, 0.25) is 0 Å². The van der Waals surface area contributed by atoms with Gasteiger partial charge in [0.05, 0.1) is 12.0 Å². The molecular formula is C18H28N2O3. The summed E-state index contributed by atoms with van der Waals surface area (Å²) in [5, 5.41) is 0. The summed E-state index contributed by atoms with van der Waals surface area (Å²) < 4.78 is 0. The standard InChI is InChI=1S/C18H28N2O3/c1-2-23-19-16(21)15-4-3-5-20(15)17(22)18-9-12-6-13(10-18)8-14(7-12)11-18/h12-15H,2-11H2,1H3,(H,19,21)/t12?,13?,14?,15-,18?/m0/s1. The zero-order valence-corrected chi connectivity index (χ0v) is 14.1. The summed E-state index contributed by atoms with van der Waals surface area (Å²) in [6.45, 7) is 3.01. The molecule has 4 bridgehead atoms. The smallest absolute Gasteiger partial charge is 0.266 e. The third kappa shape index (κ3) is 2.57. The van der Waals surface area contributed by atoms with Gasteiger partial charge in [0.2, 0.25) is 5.91 Å². The number of amides is 2. The second-order valence-corrected chi connectivity index (χ2v) is 8.25. The quantitative estimate of drug-likeness (QED) is 0.808. The van der Waals surface area contributed by atoms with Crippen molar-refractivity contribution in [3.05, 3.63) is 0 Å². The molecule has 0 unspecified atom stereocenters. The van der Waals surface area contributed by atoms with E-state index >= 15 is 0 Å². The second kappa shape index (κ2) is 5.76. The van der Waals surface area contributed by atoms with Crippen molar-refractivity contribution in [2.24, 2.45) is 23.2 Å². The first-order valence-corrected chi connectivity index (χ1v) is 9.34. The van der Waals surface area contributed by atoms with E-state index in [1.54, 1.807) is 0 Å². The number of carbonyl (C=O) groups excluding carboxylic acids is 2. The van der Waals surface area contributed by atoms with E-state index in [0.29, 0.717) is 6.61 Å². The lowest BCUT2D eigenvalue weighted by Gasteiger charge is -2.56. The fraction of sp³-hybridized carbons (Fsp3) is 0.889. The van der Waals surface area contributed by atoms with E-state index in [1.165, 1.54) is 19.3 Å². The van der Waals surface area contributed by atoms with Crippen LogP contribution in [0.4, 0.5) is 0 Å². The molecule has 0 radical (unpaired) electrons. The molecule has 1 saturated heterocycles. The van der Waals surface area contributed by atoms with Crippen LogP contribution in [-0.2, 0) is 14.4 Å². The molecule has 1 heterocycles. The summed E-state index contributed by atoms with van der Waals surface area (Å²) in [6.07, 6.45) is 8.87. The van der Waals surface area contributed by atoms with E-state index in [2.05, 4.69) is 5.48 Å². The van der Waals surface area contributed by atoms with Gasteiger partial charge in [0.25, 0.3) is 5.91 Å². The molecule has 0 aromatic heterocycles. The predicted molar refractivity (Wildman–Crippen MR) is 85.1 cm³/mol. The van der Waals surface area contributed by atoms with Crippen LogP contribution in [0.25, 0.3) is 0 Å². The number of hydrogen-bond donors (Lipinski definition) is 1. The van der Waals surface area contributed by atoms with Gasteiger partial charge in [-0.3, -0.25) is 14.4 Å². The van der Waals surface area contributed by atoms with Crippen molar-refractivity contribution in [2.75, 3.05) is 13.2 Å². The Balaban J connectivity index is 1.51. The number of likely N-dealkylation sites (tertiary alicyclic amines) is 1. The fourth-order valence-electron chi connectivity index (χ4n) is 6.17. The van der Waals surface area contributed by atoms with E-state index in [1.807, 2.05) is 11.8 Å². The SMILES string of the molecule is CCONC(=O)[C@@H]1CCCN1C(=O)C12CC3CC(CC(C3)C1)C2. The van der Waals surface area contributed by atoms with Crippen LogP contribution in [0.5, 0.6) is 0 Å². The summed E-state index contributed by atoms with van der Waals surface area (Å²) in [4.78, 5) is 32.6. The van der Waals surface area contributed by atoms with Crippen molar-refractivity contribution in [1.29, 1.82) is 0 Å². The molecule has 5 aliphatic rings. The van der Waals surface area contributed by atoms with E-state index in [0.717, 1.165) is 56.4 Å². The van der Waals surface area contributed by atoms with Crippen LogP contribution in [0.15, 0.2) is 0 Å². The highest BCUT2D eigenvalue weighted by atomic mass is 16.6. The van der Waals surface area contributed by atoms with Crippen LogP contribution < -0.4 is 5.48 Å². The van der Waals surface area contributed by atoms with Crippen LogP contribution in [-0.4, -0.2) is 35.9 Å². The molecule has 1 N–H and O–H groups in total. The van der Waals surface area contributed by atoms with Crippen molar-refractivity contribution in [3.8, 4) is 0 Å². The topological polar surface area (TPSA) is 58.6 Å². The molecule has 5 heteroatoms. The van der Waals surface area contributed by atoms with Gasteiger partial charge >= 0.3 is 0 Å².